The van der Waals surface area contributed by atoms with Crippen LogP contribution in [0.3, 0.4) is 0 Å². The Kier molecular flexibility index (Phi) is 6.17. The maximum absolute atomic E-state index is 12.5. The lowest BCUT2D eigenvalue weighted by Gasteiger charge is -2.10. The van der Waals surface area contributed by atoms with Gasteiger partial charge in [-0.3, -0.25) is 4.79 Å². The third kappa shape index (κ3) is 3.77. The van der Waals surface area contributed by atoms with Gasteiger partial charge in [-0.15, -0.1) is 0 Å². The minimum absolute atomic E-state index is 0.265. The van der Waals surface area contributed by atoms with E-state index in [0.717, 1.165) is 10.9 Å². The molecule has 1 aromatic heterocycles. The first-order valence-corrected chi connectivity index (χ1v) is 8.49. The highest BCUT2D eigenvalue weighted by atomic mass is 16.5. The first-order chi connectivity index (χ1) is 12.5. The average molecular weight is 353 g/mol. The first-order valence-electron chi connectivity index (χ1n) is 8.49. The van der Waals surface area contributed by atoms with Gasteiger partial charge < -0.3 is 14.5 Å². The molecule has 0 saturated carbocycles. The van der Waals surface area contributed by atoms with E-state index in [1.165, 1.54) is 7.11 Å². The second-order valence-corrected chi connectivity index (χ2v) is 5.50. The summed E-state index contributed by atoms with van der Waals surface area (Å²) in [6, 6.07) is 12.2. The maximum Gasteiger partial charge on any atom is 0.339 e. The van der Waals surface area contributed by atoms with E-state index in [1.54, 1.807) is 49.4 Å². The molecule has 0 atom stereocenters. The van der Waals surface area contributed by atoms with E-state index in [0.29, 0.717) is 28.1 Å². The fraction of sp³-hybridized carbons (Fsp3) is 0.238. The number of hydrogen-bond donors (Lipinski definition) is 1. The lowest BCUT2D eigenvalue weighted by Crippen LogP contribution is -2.13. The number of nitrogens with one attached hydrogen (secondary N) is 1. The van der Waals surface area contributed by atoms with E-state index in [4.69, 9.17) is 9.15 Å². The quantitative estimate of drug-likeness (QED) is 0.693. The molecule has 5 heteroatoms. The Hall–Kier alpha value is -3.08. The van der Waals surface area contributed by atoms with Gasteiger partial charge >= 0.3 is 5.63 Å². The molecule has 0 aliphatic heterocycles. The van der Waals surface area contributed by atoms with Gasteiger partial charge in [0, 0.05) is 16.6 Å². The molecule has 1 heterocycles. The van der Waals surface area contributed by atoms with Gasteiger partial charge in [0.15, 0.2) is 0 Å². The number of rotatable bonds is 3. The first kappa shape index (κ1) is 19.2. The third-order valence-electron chi connectivity index (χ3n) is 4.06. The van der Waals surface area contributed by atoms with Gasteiger partial charge in [0.25, 0.3) is 5.91 Å². The van der Waals surface area contributed by atoms with E-state index >= 15 is 0 Å². The highest BCUT2D eigenvalue weighted by molar-refractivity contribution is 6.07. The summed E-state index contributed by atoms with van der Waals surface area (Å²) in [5.41, 5.74) is 2.64. The van der Waals surface area contributed by atoms with Crippen molar-refractivity contribution in [1.82, 2.24) is 0 Å². The van der Waals surface area contributed by atoms with E-state index in [9.17, 15) is 9.59 Å². The number of aryl methyl sites for hydroxylation is 1. The molecule has 0 aliphatic rings. The van der Waals surface area contributed by atoms with Crippen molar-refractivity contribution in [3.8, 4) is 5.75 Å². The lowest BCUT2D eigenvalue weighted by atomic mass is 10.1. The summed E-state index contributed by atoms with van der Waals surface area (Å²) in [7, 11) is 1.52. The van der Waals surface area contributed by atoms with Gasteiger partial charge in [-0.25, -0.2) is 4.79 Å². The van der Waals surface area contributed by atoms with Gasteiger partial charge in [-0.05, 0) is 49.7 Å². The molecular weight excluding hydrogens is 330 g/mol. The number of para-hydroxylation sites is 1. The van der Waals surface area contributed by atoms with Crippen LogP contribution >= 0.6 is 0 Å². The number of hydrogen-bond acceptors (Lipinski definition) is 4. The molecular formula is C21H23NO4. The summed E-state index contributed by atoms with van der Waals surface area (Å²) in [6.07, 6.45) is 0. The Morgan fingerprint density at radius 3 is 2.42 bits per heavy atom. The molecule has 1 amide bonds. The van der Waals surface area contributed by atoms with Gasteiger partial charge in [0.2, 0.25) is 0 Å². The fourth-order valence-electron chi connectivity index (χ4n) is 2.55. The molecule has 136 valence electrons. The topological polar surface area (TPSA) is 68.5 Å². The fourth-order valence-corrected chi connectivity index (χ4v) is 2.55. The molecule has 2 aromatic carbocycles. The van der Waals surface area contributed by atoms with Crippen LogP contribution in [0.15, 0.2) is 51.7 Å². The Morgan fingerprint density at radius 2 is 1.73 bits per heavy atom. The largest absolute Gasteiger partial charge is 0.496 e. The zero-order chi connectivity index (χ0) is 19.3. The zero-order valence-corrected chi connectivity index (χ0v) is 15.7. The van der Waals surface area contributed by atoms with Gasteiger partial charge in [0.1, 0.15) is 11.3 Å². The van der Waals surface area contributed by atoms with Crippen LogP contribution in [0.5, 0.6) is 5.75 Å². The lowest BCUT2D eigenvalue weighted by molar-refractivity contribution is 0.102. The second-order valence-electron chi connectivity index (χ2n) is 5.50. The maximum atomic E-state index is 12.5. The van der Waals surface area contributed by atoms with Crippen molar-refractivity contribution in [2.45, 2.75) is 27.7 Å². The molecule has 26 heavy (non-hydrogen) atoms. The number of carbonyl (C=O) groups is 1. The van der Waals surface area contributed by atoms with Crippen LogP contribution in [-0.4, -0.2) is 13.0 Å². The van der Waals surface area contributed by atoms with E-state index in [-0.39, 0.29) is 11.5 Å². The monoisotopic (exact) mass is 353 g/mol. The average Bonchev–Trinajstić information content (AvgIpc) is 2.68. The summed E-state index contributed by atoms with van der Waals surface area (Å²) in [4.78, 5) is 24.2. The summed E-state index contributed by atoms with van der Waals surface area (Å²) in [6.45, 7) is 7.58. The molecule has 3 rings (SSSR count). The van der Waals surface area contributed by atoms with Gasteiger partial charge in [-0.1, -0.05) is 26.0 Å². The summed E-state index contributed by atoms with van der Waals surface area (Å²) in [5.74, 6) is 0.243. The summed E-state index contributed by atoms with van der Waals surface area (Å²) < 4.78 is 10.5. The highest BCUT2D eigenvalue weighted by Crippen LogP contribution is 2.24. The van der Waals surface area contributed by atoms with Crippen LogP contribution in [0.25, 0.3) is 11.0 Å². The number of carbonyl (C=O) groups excluding carboxylic acids is 1. The molecule has 0 radical (unpaired) electrons. The SMILES string of the molecule is CC.COc1ccccc1C(=O)Nc1ccc2oc(=O)c(C)c(C)c2c1. The Morgan fingerprint density at radius 1 is 1.04 bits per heavy atom. The normalized spacial score (nSPS) is 10.0. The van der Waals surface area contributed by atoms with Crippen LogP contribution in [0.1, 0.15) is 35.3 Å². The van der Waals surface area contributed by atoms with Crippen molar-refractivity contribution in [3.05, 3.63) is 69.6 Å². The Bertz CT molecular complexity index is 989. The smallest absolute Gasteiger partial charge is 0.339 e. The van der Waals surface area contributed by atoms with Crippen molar-refractivity contribution in [3.63, 3.8) is 0 Å². The molecule has 0 fully saturated rings. The van der Waals surface area contributed by atoms with Crippen molar-refractivity contribution < 1.29 is 13.9 Å². The van der Waals surface area contributed by atoms with E-state index < -0.39 is 0 Å². The second kappa shape index (κ2) is 8.34. The Labute approximate surface area is 152 Å². The van der Waals surface area contributed by atoms with Crippen molar-refractivity contribution in [2.75, 3.05) is 12.4 Å². The molecule has 0 aliphatic carbocycles. The molecule has 3 aromatic rings. The summed E-state index contributed by atoms with van der Waals surface area (Å²) >= 11 is 0. The summed E-state index contributed by atoms with van der Waals surface area (Å²) in [5, 5.41) is 3.64. The molecule has 0 saturated heterocycles. The molecule has 0 bridgehead atoms. The minimum Gasteiger partial charge on any atom is -0.496 e. The van der Waals surface area contributed by atoms with Crippen molar-refractivity contribution >= 4 is 22.6 Å². The van der Waals surface area contributed by atoms with Crippen LogP contribution in [0, 0.1) is 13.8 Å². The van der Waals surface area contributed by atoms with Crippen molar-refractivity contribution in [1.29, 1.82) is 0 Å². The van der Waals surface area contributed by atoms with Gasteiger partial charge in [-0.2, -0.15) is 0 Å². The zero-order valence-electron chi connectivity index (χ0n) is 15.7. The number of amides is 1. The highest BCUT2D eigenvalue weighted by Gasteiger charge is 2.13. The van der Waals surface area contributed by atoms with E-state index in [2.05, 4.69) is 5.32 Å². The molecule has 0 unspecified atom stereocenters. The number of anilines is 1. The molecule has 0 spiro atoms. The number of ether oxygens (including phenoxy) is 1. The number of benzene rings is 2. The standard InChI is InChI=1S/C19H17NO4.C2H6/c1-11-12(2)19(22)24-17-9-8-13(10-15(11)17)20-18(21)14-6-4-5-7-16(14)23-3;1-2/h4-10H,1-3H3,(H,20,21);1-2H3. The Balaban J connectivity index is 0.00000117. The van der Waals surface area contributed by atoms with Crippen molar-refractivity contribution in [2.24, 2.45) is 0 Å². The number of fused-ring (bicyclic) bond motifs is 1. The van der Waals surface area contributed by atoms with Gasteiger partial charge in [0.05, 0.1) is 12.7 Å². The van der Waals surface area contributed by atoms with Crippen LogP contribution < -0.4 is 15.7 Å². The molecule has 1 N–H and O–H groups in total. The van der Waals surface area contributed by atoms with Crippen LogP contribution in [-0.2, 0) is 0 Å². The van der Waals surface area contributed by atoms with Crippen LogP contribution in [0.2, 0.25) is 0 Å². The third-order valence-corrected chi connectivity index (χ3v) is 4.06. The number of methoxy groups -OCH3 is 1. The minimum atomic E-state index is -0.342. The van der Waals surface area contributed by atoms with E-state index in [1.807, 2.05) is 20.8 Å². The predicted molar refractivity (Wildman–Crippen MR) is 104 cm³/mol. The van der Waals surface area contributed by atoms with Crippen LogP contribution in [0.4, 0.5) is 5.69 Å². The molecule has 5 nitrogen and oxygen atoms in total. The predicted octanol–water partition coefficient (Wildman–Crippen LogP) is 4.70.